The summed E-state index contributed by atoms with van der Waals surface area (Å²) in [6.45, 7) is 2.53. The van der Waals surface area contributed by atoms with Crippen LogP contribution in [0.2, 0.25) is 10.0 Å². The fourth-order valence-electron chi connectivity index (χ4n) is 3.63. The Bertz CT molecular complexity index is 1290. The molecule has 0 bridgehead atoms. The first-order valence-electron chi connectivity index (χ1n) is 9.59. The van der Waals surface area contributed by atoms with E-state index in [0.717, 1.165) is 12.3 Å². The summed E-state index contributed by atoms with van der Waals surface area (Å²) in [5, 5.41) is 20.0. The van der Waals surface area contributed by atoms with Crippen LogP contribution in [-0.4, -0.2) is 27.3 Å². The minimum Gasteiger partial charge on any atom is -0.478 e. The zero-order valence-electron chi connectivity index (χ0n) is 17.3. The zero-order chi connectivity index (χ0) is 24.7. The van der Waals surface area contributed by atoms with E-state index in [1.165, 1.54) is 50.2 Å². The normalized spacial score (nSPS) is 14.5. The molecule has 0 spiro atoms. The lowest BCUT2D eigenvalue weighted by molar-refractivity contribution is -0.274. The second-order valence-corrected chi connectivity index (χ2v) is 8.44. The topological polar surface area (TPSA) is 90.4 Å². The Hall–Kier alpha value is -2.81. The summed E-state index contributed by atoms with van der Waals surface area (Å²) in [6.07, 6.45) is -4.24. The van der Waals surface area contributed by atoms with Gasteiger partial charge in [0.2, 0.25) is 0 Å². The first-order valence-corrected chi connectivity index (χ1v) is 10.3. The molecule has 174 valence electrons. The molecule has 3 aromatic rings. The monoisotopic (exact) mass is 499 g/mol. The third-order valence-corrected chi connectivity index (χ3v) is 6.23. The van der Waals surface area contributed by atoms with E-state index < -0.39 is 34.8 Å². The predicted molar refractivity (Wildman–Crippen MR) is 119 cm³/mol. The van der Waals surface area contributed by atoms with Crippen LogP contribution >= 0.6 is 23.2 Å². The Morgan fingerprint density at radius 2 is 1.61 bits per heavy atom. The van der Waals surface area contributed by atoms with Crippen molar-refractivity contribution in [2.24, 2.45) is 0 Å². The number of pyridine rings is 1. The van der Waals surface area contributed by atoms with Crippen LogP contribution in [0.15, 0.2) is 53.5 Å². The number of carboxylic acids is 1. The summed E-state index contributed by atoms with van der Waals surface area (Å²) in [6, 6.07) is 9.49. The van der Waals surface area contributed by atoms with Crippen molar-refractivity contribution in [3.63, 3.8) is 0 Å². The van der Waals surface area contributed by atoms with Crippen molar-refractivity contribution in [3.05, 3.63) is 91.3 Å². The van der Waals surface area contributed by atoms with Gasteiger partial charge in [0.05, 0.1) is 10.6 Å². The number of aliphatic hydroxyl groups is 1. The lowest BCUT2D eigenvalue weighted by atomic mass is 9.77. The van der Waals surface area contributed by atoms with Gasteiger partial charge in [0.15, 0.2) is 5.60 Å². The van der Waals surface area contributed by atoms with Gasteiger partial charge in [0.25, 0.3) is 5.56 Å². The maximum atomic E-state index is 14.1. The Balaban J connectivity index is 2.08. The van der Waals surface area contributed by atoms with Crippen molar-refractivity contribution in [1.29, 1.82) is 0 Å². The maximum Gasteiger partial charge on any atom is 0.422 e. The molecule has 0 amide bonds. The molecule has 0 saturated carbocycles. The van der Waals surface area contributed by atoms with Crippen LogP contribution in [0.1, 0.15) is 39.9 Å². The summed E-state index contributed by atoms with van der Waals surface area (Å²) in [5.41, 5.74) is -3.47. The molecule has 33 heavy (non-hydrogen) atoms. The Labute approximate surface area is 196 Å². The van der Waals surface area contributed by atoms with E-state index >= 15 is 0 Å². The number of nitrogens with one attached hydrogen (secondary N) is 1. The molecule has 2 atom stereocenters. The molecule has 0 aliphatic heterocycles. The fraction of sp³-hybridized carbons (Fsp3) is 0.217. The van der Waals surface area contributed by atoms with Crippen molar-refractivity contribution in [1.82, 2.24) is 4.98 Å². The van der Waals surface area contributed by atoms with Crippen LogP contribution in [0.25, 0.3) is 11.1 Å². The Morgan fingerprint density at radius 3 is 2.09 bits per heavy atom. The SMILES string of the molecule is Cc1cc(C(O)(C(C)c2ccc(-c3ccc(C(=O)O)c(Cl)c3)cc2Cl)C(F)(F)F)c[nH]c1=O. The molecule has 2 aromatic carbocycles. The lowest BCUT2D eigenvalue weighted by Gasteiger charge is -2.37. The smallest absolute Gasteiger partial charge is 0.422 e. The number of aryl methyl sites for hydroxylation is 1. The molecule has 1 heterocycles. The number of benzene rings is 2. The van der Waals surface area contributed by atoms with Crippen LogP contribution in [0.5, 0.6) is 0 Å². The molecule has 5 nitrogen and oxygen atoms in total. The van der Waals surface area contributed by atoms with Crippen LogP contribution in [0.3, 0.4) is 0 Å². The summed E-state index contributed by atoms with van der Waals surface area (Å²) in [4.78, 5) is 25.0. The zero-order valence-corrected chi connectivity index (χ0v) is 18.8. The highest BCUT2D eigenvalue weighted by Crippen LogP contribution is 2.49. The van der Waals surface area contributed by atoms with Crippen LogP contribution < -0.4 is 5.56 Å². The summed E-state index contributed by atoms with van der Waals surface area (Å²) >= 11 is 12.3. The standard InChI is InChI=1S/C23H18Cl2F3NO4/c1-11-7-15(10-29-20(11)30)22(33,23(26,27)28)12(2)16-5-3-13(8-18(16)24)14-4-6-17(21(31)32)19(25)9-14/h3-10,12,33H,1-2H3,(H,29,30)(H,31,32). The van der Waals surface area contributed by atoms with E-state index in [-0.39, 0.29) is 26.7 Å². The number of aromatic carboxylic acids is 1. The van der Waals surface area contributed by atoms with Gasteiger partial charge in [-0.2, -0.15) is 13.2 Å². The number of carboxylic acid groups (broad SMARTS) is 1. The molecule has 0 radical (unpaired) electrons. The number of alkyl halides is 3. The number of aromatic nitrogens is 1. The van der Waals surface area contributed by atoms with Gasteiger partial charge in [0, 0.05) is 28.3 Å². The molecule has 10 heteroatoms. The molecule has 3 rings (SSSR count). The second-order valence-electron chi connectivity index (χ2n) is 7.62. The number of carbonyl (C=O) groups is 1. The van der Waals surface area contributed by atoms with Gasteiger partial charge in [-0.05, 0) is 47.9 Å². The van der Waals surface area contributed by atoms with E-state index in [1.54, 1.807) is 0 Å². The molecule has 0 fully saturated rings. The predicted octanol–water partition coefficient (Wildman–Crippen LogP) is 5.91. The molecule has 0 aliphatic rings. The highest BCUT2D eigenvalue weighted by Gasteiger charge is 2.59. The minimum absolute atomic E-state index is 0.00606. The van der Waals surface area contributed by atoms with Crippen molar-refractivity contribution in [3.8, 4) is 11.1 Å². The Kier molecular flexibility index (Phi) is 6.66. The van der Waals surface area contributed by atoms with Gasteiger partial charge in [-0.1, -0.05) is 48.3 Å². The third-order valence-electron chi connectivity index (χ3n) is 5.59. The number of H-pyrrole nitrogens is 1. The number of rotatable bonds is 5. The summed E-state index contributed by atoms with van der Waals surface area (Å²) in [5.74, 6) is -2.74. The highest BCUT2D eigenvalue weighted by molar-refractivity contribution is 6.34. The van der Waals surface area contributed by atoms with Crippen molar-refractivity contribution < 1.29 is 28.2 Å². The largest absolute Gasteiger partial charge is 0.478 e. The van der Waals surface area contributed by atoms with Gasteiger partial charge in [0.1, 0.15) is 0 Å². The quantitative estimate of drug-likeness (QED) is 0.407. The van der Waals surface area contributed by atoms with E-state index in [2.05, 4.69) is 4.98 Å². The molecular weight excluding hydrogens is 482 g/mol. The minimum atomic E-state index is -5.08. The van der Waals surface area contributed by atoms with Gasteiger partial charge in [-0.25, -0.2) is 4.79 Å². The second kappa shape index (κ2) is 8.85. The maximum absolute atomic E-state index is 14.1. The van der Waals surface area contributed by atoms with Gasteiger partial charge >= 0.3 is 12.1 Å². The molecule has 2 unspecified atom stereocenters. The summed E-state index contributed by atoms with van der Waals surface area (Å²) in [7, 11) is 0. The molecule has 0 saturated heterocycles. The lowest BCUT2D eigenvalue weighted by Crippen LogP contribution is -2.47. The molecular formula is C23H18Cl2F3NO4. The van der Waals surface area contributed by atoms with Crippen LogP contribution in [0, 0.1) is 6.92 Å². The number of aromatic amines is 1. The van der Waals surface area contributed by atoms with E-state index in [4.69, 9.17) is 28.3 Å². The fourth-order valence-corrected chi connectivity index (χ4v) is 4.23. The van der Waals surface area contributed by atoms with E-state index in [9.17, 15) is 27.9 Å². The number of halogens is 5. The average molecular weight is 500 g/mol. The summed E-state index contributed by atoms with van der Waals surface area (Å²) < 4.78 is 42.4. The highest BCUT2D eigenvalue weighted by atomic mass is 35.5. The van der Waals surface area contributed by atoms with Gasteiger partial charge in [-0.3, -0.25) is 4.79 Å². The molecule has 3 N–H and O–H groups in total. The van der Waals surface area contributed by atoms with Crippen LogP contribution in [0.4, 0.5) is 13.2 Å². The van der Waals surface area contributed by atoms with Crippen molar-refractivity contribution >= 4 is 29.2 Å². The third kappa shape index (κ3) is 4.51. The van der Waals surface area contributed by atoms with Gasteiger partial charge < -0.3 is 15.2 Å². The van der Waals surface area contributed by atoms with Crippen LogP contribution in [-0.2, 0) is 5.60 Å². The number of hydrogen-bond donors (Lipinski definition) is 3. The molecule has 1 aromatic heterocycles. The van der Waals surface area contributed by atoms with Gasteiger partial charge in [-0.15, -0.1) is 0 Å². The first kappa shape index (κ1) is 24.8. The first-order chi connectivity index (χ1) is 15.3. The van der Waals surface area contributed by atoms with Crippen molar-refractivity contribution in [2.75, 3.05) is 0 Å². The average Bonchev–Trinajstić information content (AvgIpc) is 2.73. The Morgan fingerprint density at radius 1 is 1.03 bits per heavy atom. The van der Waals surface area contributed by atoms with E-state index in [0.29, 0.717) is 11.1 Å². The van der Waals surface area contributed by atoms with E-state index in [1.807, 2.05) is 0 Å². The number of hydrogen-bond acceptors (Lipinski definition) is 3. The molecule has 0 aliphatic carbocycles. The van der Waals surface area contributed by atoms with Crippen molar-refractivity contribution in [2.45, 2.75) is 31.5 Å².